The number of anilines is 1. The van der Waals surface area contributed by atoms with Gasteiger partial charge in [0.15, 0.2) is 0 Å². The van der Waals surface area contributed by atoms with Gasteiger partial charge in [0.2, 0.25) is 0 Å². The first-order valence-electron chi connectivity index (χ1n) is 5.41. The van der Waals surface area contributed by atoms with Crippen LogP contribution in [0.3, 0.4) is 0 Å². The lowest BCUT2D eigenvalue weighted by atomic mass is 10.1. The molecule has 92 valence electrons. The van der Waals surface area contributed by atoms with Crippen molar-refractivity contribution in [1.29, 1.82) is 0 Å². The fourth-order valence-electron chi connectivity index (χ4n) is 1.55. The number of aromatic nitrogens is 2. The highest BCUT2D eigenvalue weighted by atomic mass is 16.6. The molecule has 18 heavy (non-hydrogen) atoms. The summed E-state index contributed by atoms with van der Waals surface area (Å²) in [6.45, 7) is 2.45. The van der Waals surface area contributed by atoms with E-state index in [1.165, 1.54) is 6.20 Å². The average Bonchev–Trinajstić information content (AvgIpc) is 2.38. The minimum Gasteiger partial charge on any atom is -0.374 e. The molecule has 0 unspecified atom stereocenters. The number of rotatable bonds is 4. The summed E-state index contributed by atoms with van der Waals surface area (Å²) in [5, 5.41) is 13.8. The van der Waals surface area contributed by atoms with Gasteiger partial charge in [-0.3, -0.25) is 4.98 Å². The Labute approximate surface area is 104 Å². The number of nitrogens with one attached hydrogen (secondary N) is 1. The molecule has 0 aliphatic rings. The van der Waals surface area contributed by atoms with Gasteiger partial charge in [-0.1, -0.05) is 0 Å². The lowest BCUT2D eigenvalue weighted by Crippen LogP contribution is -2.05. The Hall–Kier alpha value is -2.50. The minimum atomic E-state index is -0.502. The SMILES string of the molecule is Cc1ccncc1CNc1cccnc1[N+](=O)[O-]. The number of pyridine rings is 2. The van der Waals surface area contributed by atoms with Gasteiger partial charge in [-0.15, -0.1) is 0 Å². The van der Waals surface area contributed by atoms with Gasteiger partial charge in [0.1, 0.15) is 11.9 Å². The largest absolute Gasteiger partial charge is 0.386 e. The van der Waals surface area contributed by atoms with Gasteiger partial charge in [-0.25, -0.2) is 0 Å². The summed E-state index contributed by atoms with van der Waals surface area (Å²) < 4.78 is 0. The summed E-state index contributed by atoms with van der Waals surface area (Å²) in [4.78, 5) is 18.1. The summed E-state index contributed by atoms with van der Waals surface area (Å²) in [6.07, 6.45) is 4.86. The van der Waals surface area contributed by atoms with Crippen LogP contribution in [0.4, 0.5) is 11.5 Å². The molecule has 0 aliphatic heterocycles. The summed E-state index contributed by atoms with van der Waals surface area (Å²) in [5.74, 6) is -0.168. The molecule has 0 amide bonds. The number of hydrogen-bond donors (Lipinski definition) is 1. The third-order valence-electron chi connectivity index (χ3n) is 2.58. The van der Waals surface area contributed by atoms with Gasteiger partial charge in [-0.2, -0.15) is 0 Å². The molecule has 0 aliphatic carbocycles. The second kappa shape index (κ2) is 5.22. The lowest BCUT2D eigenvalue weighted by molar-refractivity contribution is -0.388. The highest BCUT2D eigenvalue weighted by Crippen LogP contribution is 2.21. The van der Waals surface area contributed by atoms with E-state index in [1.54, 1.807) is 24.5 Å². The summed E-state index contributed by atoms with van der Waals surface area (Å²) in [7, 11) is 0. The van der Waals surface area contributed by atoms with Crippen LogP contribution in [0.2, 0.25) is 0 Å². The van der Waals surface area contributed by atoms with E-state index in [0.29, 0.717) is 12.2 Å². The van der Waals surface area contributed by atoms with Gasteiger partial charge in [0, 0.05) is 18.9 Å². The Balaban J connectivity index is 2.16. The molecule has 0 radical (unpaired) electrons. The molecule has 0 saturated carbocycles. The Morgan fingerprint density at radius 3 is 2.94 bits per heavy atom. The van der Waals surface area contributed by atoms with E-state index in [4.69, 9.17) is 0 Å². The zero-order valence-electron chi connectivity index (χ0n) is 9.83. The fraction of sp³-hybridized carbons (Fsp3) is 0.167. The molecule has 0 saturated heterocycles. The topological polar surface area (TPSA) is 81.0 Å². The van der Waals surface area contributed by atoms with Crippen LogP contribution in [0.1, 0.15) is 11.1 Å². The van der Waals surface area contributed by atoms with Gasteiger partial charge in [0.05, 0.1) is 0 Å². The van der Waals surface area contributed by atoms with Crippen molar-refractivity contribution < 1.29 is 4.92 Å². The van der Waals surface area contributed by atoms with Crippen LogP contribution < -0.4 is 5.32 Å². The van der Waals surface area contributed by atoms with Crippen LogP contribution in [0, 0.1) is 17.0 Å². The second-order valence-electron chi connectivity index (χ2n) is 3.79. The van der Waals surface area contributed by atoms with Gasteiger partial charge in [0.25, 0.3) is 0 Å². The average molecular weight is 244 g/mol. The van der Waals surface area contributed by atoms with E-state index in [9.17, 15) is 10.1 Å². The summed E-state index contributed by atoms with van der Waals surface area (Å²) in [5.41, 5.74) is 2.49. The standard InChI is InChI=1S/C12H12N4O2/c1-9-4-6-13-7-10(9)8-15-11-3-2-5-14-12(11)16(17)18/h2-7,15H,8H2,1H3. The molecular weight excluding hydrogens is 232 g/mol. The van der Waals surface area contributed by atoms with Crippen LogP contribution in [-0.2, 0) is 6.54 Å². The molecule has 6 heteroatoms. The fourth-order valence-corrected chi connectivity index (χ4v) is 1.55. The van der Waals surface area contributed by atoms with Crippen molar-refractivity contribution in [2.75, 3.05) is 5.32 Å². The molecule has 0 spiro atoms. The predicted octanol–water partition coefficient (Wildman–Crippen LogP) is 2.31. The Bertz CT molecular complexity index is 572. The quantitative estimate of drug-likeness (QED) is 0.659. The molecule has 2 rings (SSSR count). The first kappa shape index (κ1) is 12.0. The molecule has 6 nitrogen and oxygen atoms in total. The van der Waals surface area contributed by atoms with E-state index in [0.717, 1.165) is 11.1 Å². The number of nitrogens with zero attached hydrogens (tertiary/aromatic N) is 3. The lowest BCUT2D eigenvalue weighted by Gasteiger charge is -2.08. The Kier molecular flexibility index (Phi) is 3.47. The molecular formula is C12H12N4O2. The Morgan fingerprint density at radius 2 is 2.22 bits per heavy atom. The summed E-state index contributed by atoms with van der Waals surface area (Å²) in [6, 6.07) is 5.19. The molecule has 2 aromatic heterocycles. The van der Waals surface area contributed by atoms with Gasteiger partial charge < -0.3 is 15.4 Å². The van der Waals surface area contributed by atoms with Crippen molar-refractivity contribution >= 4 is 11.5 Å². The molecule has 0 atom stereocenters. The Morgan fingerprint density at radius 1 is 1.39 bits per heavy atom. The first-order valence-corrected chi connectivity index (χ1v) is 5.41. The van der Waals surface area contributed by atoms with Crippen LogP contribution in [0.15, 0.2) is 36.8 Å². The van der Waals surface area contributed by atoms with E-state index < -0.39 is 4.92 Å². The van der Waals surface area contributed by atoms with Crippen molar-refractivity contribution in [2.24, 2.45) is 0 Å². The molecule has 0 fully saturated rings. The molecule has 1 N–H and O–H groups in total. The predicted molar refractivity (Wildman–Crippen MR) is 67.2 cm³/mol. The van der Waals surface area contributed by atoms with Crippen molar-refractivity contribution in [1.82, 2.24) is 9.97 Å². The maximum atomic E-state index is 10.8. The molecule has 2 heterocycles. The highest BCUT2D eigenvalue weighted by Gasteiger charge is 2.13. The second-order valence-corrected chi connectivity index (χ2v) is 3.79. The first-order chi connectivity index (χ1) is 8.68. The smallest absolute Gasteiger partial charge is 0.374 e. The highest BCUT2D eigenvalue weighted by molar-refractivity contribution is 5.56. The van der Waals surface area contributed by atoms with Crippen molar-refractivity contribution in [3.63, 3.8) is 0 Å². The maximum Gasteiger partial charge on any atom is 0.386 e. The van der Waals surface area contributed by atoms with Crippen molar-refractivity contribution in [3.8, 4) is 0 Å². The van der Waals surface area contributed by atoms with Crippen molar-refractivity contribution in [3.05, 3.63) is 58.0 Å². The zero-order valence-corrected chi connectivity index (χ0v) is 9.83. The van der Waals surface area contributed by atoms with E-state index >= 15 is 0 Å². The van der Waals surface area contributed by atoms with Gasteiger partial charge >= 0.3 is 5.82 Å². The number of aryl methyl sites for hydroxylation is 1. The van der Waals surface area contributed by atoms with Crippen molar-refractivity contribution in [2.45, 2.75) is 13.5 Å². The minimum absolute atomic E-state index is 0.168. The molecule has 0 aromatic carbocycles. The molecule has 0 bridgehead atoms. The monoisotopic (exact) mass is 244 g/mol. The third kappa shape index (κ3) is 2.60. The van der Waals surface area contributed by atoms with Crippen LogP contribution in [-0.4, -0.2) is 14.9 Å². The normalized spacial score (nSPS) is 10.1. The van der Waals surface area contributed by atoms with E-state index in [2.05, 4.69) is 15.3 Å². The summed E-state index contributed by atoms with van der Waals surface area (Å²) >= 11 is 0. The van der Waals surface area contributed by atoms with E-state index in [1.807, 2.05) is 13.0 Å². The van der Waals surface area contributed by atoms with Crippen LogP contribution in [0.5, 0.6) is 0 Å². The zero-order chi connectivity index (χ0) is 13.0. The third-order valence-corrected chi connectivity index (χ3v) is 2.58. The molecule has 2 aromatic rings. The maximum absolute atomic E-state index is 10.8. The van der Waals surface area contributed by atoms with Crippen LogP contribution in [0.25, 0.3) is 0 Å². The number of nitro groups is 1. The van der Waals surface area contributed by atoms with Gasteiger partial charge in [-0.05, 0) is 46.2 Å². The number of hydrogen-bond acceptors (Lipinski definition) is 5. The van der Waals surface area contributed by atoms with E-state index in [-0.39, 0.29) is 5.82 Å². The van der Waals surface area contributed by atoms with Crippen LogP contribution >= 0.6 is 0 Å².